The molecule has 1 heteroatoms. The first-order chi connectivity index (χ1) is 8.76. The molecule has 0 amide bonds. The molecule has 0 aliphatic rings. The summed E-state index contributed by atoms with van der Waals surface area (Å²) in [5, 5.41) is 5.88. The van der Waals surface area contributed by atoms with Crippen molar-refractivity contribution in [2.75, 3.05) is 0 Å². The van der Waals surface area contributed by atoms with Crippen LogP contribution >= 0.6 is 0 Å². The zero-order chi connectivity index (χ0) is 13.3. The van der Waals surface area contributed by atoms with E-state index in [4.69, 9.17) is 0 Å². The summed E-state index contributed by atoms with van der Waals surface area (Å²) >= 11 is -1.45. The maximum atomic E-state index is 2.49. The Hall–Kier alpha value is -0.497. The molecule has 0 saturated carbocycles. The first kappa shape index (κ1) is 15.6. The van der Waals surface area contributed by atoms with Gasteiger partial charge in [0.15, 0.2) is 0 Å². The zero-order valence-electron chi connectivity index (χ0n) is 12.3. The molecular formula is C17H28Ge. The fraction of sp³-hybridized carbons (Fsp3) is 0.529. The average molecular weight is 305 g/mol. The summed E-state index contributed by atoms with van der Waals surface area (Å²) in [5.41, 5.74) is 1.46. The van der Waals surface area contributed by atoms with Gasteiger partial charge in [-0.1, -0.05) is 0 Å². The second-order valence-electron chi connectivity index (χ2n) is 5.26. The predicted molar refractivity (Wildman–Crippen MR) is 85.9 cm³/mol. The van der Waals surface area contributed by atoms with Gasteiger partial charge in [-0.3, -0.25) is 0 Å². The first-order valence-electron chi connectivity index (χ1n) is 7.45. The monoisotopic (exact) mass is 306 g/mol. The normalized spacial score (nSPS) is 12.2. The van der Waals surface area contributed by atoms with Gasteiger partial charge in [-0.15, -0.1) is 0 Å². The van der Waals surface area contributed by atoms with Crippen LogP contribution in [0.2, 0.25) is 21.0 Å². The molecule has 0 spiro atoms. The van der Waals surface area contributed by atoms with E-state index in [0.717, 1.165) is 0 Å². The molecule has 18 heavy (non-hydrogen) atoms. The summed E-state index contributed by atoms with van der Waals surface area (Å²) in [6, 6.07) is 10.8. The second-order valence-corrected chi connectivity index (χ2v) is 16.9. The van der Waals surface area contributed by atoms with Gasteiger partial charge in [-0.2, -0.15) is 0 Å². The molecule has 1 rings (SSSR count). The van der Waals surface area contributed by atoms with Gasteiger partial charge < -0.3 is 0 Å². The van der Waals surface area contributed by atoms with Gasteiger partial charge in [0.25, 0.3) is 0 Å². The Morgan fingerprint density at radius 1 is 0.889 bits per heavy atom. The maximum absolute atomic E-state index is 2.49. The molecule has 100 valence electrons. The summed E-state index contributed by atoms with van der Waals surface area (Å²) in [4.78, 5) is 0. The van der Waals surface area contributed by atoms with E-state index in [1.165, 1.54) is 39.4 Å². The van der Waals surface area contributed by atoms with Crippen molar-refractivity contribution in [3.05, 3.63) is 48.0 Å². The summed E-state index contributed by atoms with van der Waals surface area (Å²) in [5.74, 6) is 0. The van der Waals surface area contributed by atoms with Crippen molar-refractivity contribution in [3.63, 3.8) is 0 Å². The van der Waals surface area contributed by atoms with E-state index in [-0.39, 0.29) is 0 Å². The molecule has 0 heterocycles. The zero-order valence-corrected chi connectivity index (χ0v) is 14.4. The first-order valence-corrected chi connectivity index (χ1v) is 13.4. The molecule has 0 radical (unpaired) electrons. The van der Waals surface area contributed by atoms with Crippen molar-refractivity contribution < 1.29 is 0 Å². The molecule has 0 bridgehead atoms. The second kappa shape index (κ2) is 8.58. The molecule has 0 aliphatic heterocycles. The fourth-order valence-electron chi connectivity index (χ4n) is 2.53. The van der Waals surface area contributed by atoms with E-state index in [2.05, 4.69) is 63.3 Å². The third-order valence-electron chi connectivity index (χ3n) is 4.41. The molecule has 0 fully saturated rings. The van der Waals surface area contributed by atoms with Crippen LogP contribution in [0.15, 0.2) is 42.5 Å². The Kier molecular flexibility index (Phi) is 7.42. The Labute approximate surface area is 116 Å². The number of hydrogen-bond donors (Lipinski definition) is 0. The standard InChI is InChI=1S/C17H28Ge/c1-4-18(5-2,6-3)16-12-8-11-15-17-13-9-7-10-14-17/h7-10,12-14H,4-6,11,15-16H2,1-3H3/b12-8+. The van der Waals surface area contributed by atoms with Gasteiger partial charge in [-0.05, 0) is 0 Å². The molecule has 0 saturated heterocycles. The summed E-state index contributed by atoms with van der Waals surface area (Å²) in [6.07, 6.45) is 7.27. The van der Waals surface area contributed by atoms with Crippen molar-refractivity contribution in [1.29, 1.82) is 0 Å². The molecule has 0 unspecified atom stereocenters. The fourth-order valence-corrected chi connectivity index (χ4v) is 8.89. The van der Waals surface area contributed by atoms with Gasteiger partial charge in [0.2, 0.25) is 0 Å². The van der Waals surface area contributed by atoms with Gasteiger partial charge in [0.05, 0.1) is 0 Å². The number of allylic oxidation sites excluding steroid dienone is 2. The molecular weight excluding hydrogens is 277 g/mol. The van der Waals surface area contributed by atoms with E-state index < -0.39 is 13.3 Å². The Bertz CT molecular complexity index is 328. The topological polar surface area (TPSA) is 0 Å². The van der Waals surface area contributed by atoms with Crippen LogP contribution in [0.5, 0.6) is 0 Å². The van der Waals surface area contributed by atoms with Crippen LogP contribution in [-0.2, 0) is 6.42 Å². The molecule has 0 aliphatic carbocycles. The predicted octanol–water partition coefficient (Wildman–Crippen LogP) is 5.68. The van der Waals surface area contributed by atoms with E-state index in [0.29, 0.717) is 0 Å². The summed E-state index contributed by atoms with van der Waals surface area (Å²) in [6.45, 7) is 7.22. The van der Waals surface area contributed by atoms with Crippen LogP contribution in [0.25, 0.3) is 0 Å². The molecule has 0 nitrogen and oxygen atoms in total. The van der Waals surface area contributed by atoms with E-state index in [1.807, 2.05) is 0 Å². The van der Waals surface area contributed by atoms with E-state index >= 15 is 0 Å². The summed E-state index contributed by atoms with van der Waals surface area (Å²) < 4.78 is 0. The number of benzene rings is 1. The van der Waals surface area contributed by atoms with Crippen LogP contribution in [-0.4, -0.2) is 13.3 Å². The molecule has 0 aromatic heterocycles. The van der Waals surface area contributed by atoms with Crippen LogP contribution in [0.4, 0.5) is 0 Å². The van der Waals surface area contributed by atoms with Crippen LogP contribution in [0.3, 0.4) is 0 Å². The van der Waals surface area contributed by atoms with Crippen molar-refractivity contribution >= 4 is 13.3 Å². The number of rotatable bonds is 8. The van der Waals surface area contributed by atoms with Gasteiger partial charge in [0.1, 0.15) is 0 Å². The Morgan fingerprint density at radius 2 is 1.50 bits per heavy atom. The van der Waals surface area contributed by atoms with E-state index in [9.17, 15) is 0 Å². The van der Waals surface area contributed by atoms with Crippen LogP contribution < -0.4 is 0 Å². The molecule has 0 N–H and O–H groups in total. The Morgan fingerprint density at radius 3 is 2.06 bits per heavy atom. The van der Waals surface area contributed by atoms with Crippen LogP contribution in [0, 0.1) is 0 Å². The third kappa shape index (κ3) is 5.01. The number of aryl methyl sites for hydroxylation is 1. The number of hydrogen-bond acceptors (Lipinski definition) is 0. The summed E-state index contributed by atoms with van der Waals surface area (Å²) in [7, 11) is 0. The van der Waals surface area contributed by atoms with Crippen molar-refractivity contribution in [3.8, 4) is 0 Å². The van der Waals surface area contributed by atoms with Crippen LogP contribution in [0.1, 0.15) is 32.8 Å². The van der Waals surface area contributed by atoms with Crippen molar-refractivity contribution in [2.24, 2.45) is 0 Å². The average Bonchev–Trinajstić information content (AvgIpc) is 2.45. The SMILES string of the molecule is C[CH2][Ge]([CH2]C)([CH2]C)[CH2]/C=C/CCc1ccccc1. The van der Waals surface area contributed by atoms with Crippen molar-refractivity contribution in [1.82, 2.24) is 0 Å². The van der Waals surface area contributed by atoms with E-state index in [1.54, 1.807) is 0 Å². The molecule has 1 aromatic carbocycles. The third-order valence-corrected chi connectivity index (χ3v) is 16.2. The Balaban J connectivity index is 2.33. The molecule has 1 aromatic rings. The van der Waals surface area contributed by atoms with Gasteiger partial charge in [-0.25, -0.2) is 0 Å². The van der Waals surface area contributed by atoms with Gasteiger partial charge >= 0.3 is 116 Å². The minimum atomic E-state index is -1.45. The quantitative estimate of drug-likeness (QED) is 0.428. The minimum absolute atomic E-state index is 1.18. The van der Waals surface area contributed by atoms with Crippen molar-refractivity contribution in [2.45, 2.75) is 54.6 Å². The van der Waals surface area contributed by atoms with Gasteiger partial charge in [0, 0.05) is 0 Å². The molecule has 0 atom stereocenters.